The predicted molar refractivity (Wildman–Crippen MR) is 98.9 cm³/mol. The summed E-state index contributed by atoms with van der Waals surface area (Å²) in [6.07, 6.45) is -0.479. The molecule has 2 atom stereocenters. The van der Waals surface area contributed by atoms with E-state index in [0.717, 1.165) is 42.4 Å². The molecule has 1 fully saturated rings. The molecule has 1 nitrogen and oxygen atoms in total. The number of hydrogen-bond acceptors (Lipinski definition) is 1. The summed E-state index contributed by atoms with van der Waals surface area (Å²) in [4.78, 5) is 0. The van der Waals surface area contributed by atoms with Crippen LogP contribution in [0, 0.1) is 11.8 Å². The fourth-order valence-corrected chi connectivity index (χ4v) is 3.99. The highest BCUT2D eigenvalue weighted by Gasteiger charge is 2.40. The second-order valence-corrected chi connectivity index (χ2v) is 7.94. The van der Waals surface area contributed by atoms with E-state index in [1.165, 1.54) is 25.7 Å². The Bertz CT molecular complexity index is 711. The standard InChI is InChI=1S/C22H25F5O/c1-14-2-4-15(5-3-14)6-7-16-8-10-17(11-9-16)18-12-19(23)21(20(24)13-18)28-22(25,26)27/h8-15,19,21H,2-7H2,1H3. The number of rotatable bonds is 5. The van der Waals surface area contributed by atoms with E-state index >= 15 is 0 Å². The van der Waals surface area contributed by atoms with Gasteiger partial charge in [-0.2, -0.15) is 0 Å². The highest BCUT2D eigenvalue weighted by Crippen LogP contribution is 2.34. The molecule has 0 amide bonds. The maximum absolute atomic E-state index is 14.0. The van der Waals surface area contributed by atoms with Gasteiger partial charge in [-0.3, -0.25) is 4.74 Å². The third-order valence-corrected chi connectivity index (χ3v) is 5.72. The molecule has 6 heteroatoms. The molecule has 0 saturated heterocycles. The molecule has 0 aliphatic heterocycles. The number of benzene rings is 1. The molecule has 0 radical (unpaired) electrons. The Balaban J connectivity index is 1.60. The van der Waals surface area contributed by atoms with Gasteiger partial charge < -0.3 is 0 Å². The van der Waals surface area contributed by atoms with Crippen molar-refractivity contribution in [3.63, 3.8) is 0 Å². The number of halogens is 5. The van der Waals surface area contributed by atoms with E-state index < -0.39 is 24.5 Å². The summed E-state index contributed by atoms with van der Waals surface area (Å²) in [7, 11) is 0. The third kappa shape index (κ3) is 5.66. The van der Waals surface area contributed by atoms with Gasteiger partial charge in [-0.1, -0.05) is 56.9 Å². The van der Waals surface area contributed by atoms with Gasteiger partial charge >= 0.3 is 6.36 Å². The normalized spacial score (nSPS) is 28.6. The van der Waals surface area contributed by atoms with E-state index in [0.29, 0.717) is 5.56 Å². The van der Waals surface area contributed by atoms with Gasteiger partial charge in [0.25, 0.3) is 0 Å². The summed E-state index contributed by atoms with van der Waals surface area (Å²) < 4.78 is 68.3. The van der Waals surface area contributed by atoms with Crippen molar-refractivity contribution in [1.29, 1.82) is 0 Å². The summed E-state index contributed by atoms with van der Waals surface area (Å²) >= 11 is 0. The van der Waals surface area contributed by atoms with Gasteiger partial charge in [-0.25, -0.2) is 8.78 Å². The Morgan fingerprint density at radius 2 is 1.68 bits per heavy atom. The second kappa shape index (κ2) is 8.76. The van der Waals surface area contributed by atoms with Crippen LogP contribution >= 0.6 is 0 Å². The van der Waals surface area contributed by atoms with Gasteiger partial charge in [0.1, 0.15) is 5.83 Å². The number of hydrogen-bond donors (Lipinski definition) is 0. The zero-order valence-electron chi connectivity index (χ0n) is 15.8. The molecule has 28 heavy (non-hydrogen) atoms. The monoisotopic (exact) mass is 400 g/mol. The SMILES string of the molecule is CC1CCC(CCc2ccc(C3=CC(F)C(OC(F)(F)F)C(F)=C3)cc2)CC1. The highest BCUT2D eigenvalue weighted by atomic mass is 19.4. The van der Waals surface area contributed by atoms with Crippen LogP contribution in [0.1, 0.15) is 50.2 Å². The molecule has 1 saturated carbocycles. The molecule has 2 aliphatic carbocycles. The fraction of sp³-hybridized carbons (Fsp3) is 0.545. The molecule has 1 aromatic rings. The second-order valence-electron chi connectivity index (χ2n) is 7.94. The van der Waals surface area contributed by atoms with Crippen molar-refractivity contribution in [3.05, 3.63) is 53.4 Å². The number of aryl methyl sites for hydroxylation is 1. The summed E-state index contributed by atoms with van der Waals surface area (Å²) in [5, 5.41) is 0. The lowest BCUT2D eigenvalue weighted by Crippen LogP contribution is -2.33. The lowest BCUT2D eigenvalue weighted by molar-refractivity contribution is -0.343. The van der Waals surface area contributed by atoms with Gasteiger partial charge in [0, 0.05) is 0 Å². The van der Waals surface area contributed by atoms with Crippen molar-refractivity contribution < 1.29 is 26.7 Å². The van der Waals surface area contributed by atoms with Gasteiger partial charge in [0.15, 0.2) is 12.3 Å². The van der Waals surface area contributed by atoms with Gasteiger partial charge in [0.05, 0.1) is 0 Å². The average Bonchev–Trinajstić information content (AvgIpc) is 2.64. The van der Waals surface area contributed by atoms with E-state index in [9.17, 15) is 22.0 Å². The molecular weight excluding hydrogens is 375 g/mol. The van der Waals surface area contributed by atoms with E-state index in [1.807, 2.05) is 12.1 Å². The molecular formula is C22H25F5O. The first-order valence-corrected chi connectivity index (χ1v) is 9.78. The largest absolute Gasteiger partial charge is 0.523 e. The Labute approximate surface area is 162 Å². The molecule has 0 heterocycles. The topological polar surface area (TPSA) is 9.23 Å². The van der Waals surface area contributed by atoms with Crippen LogP contribution in [-0.4, -0.2) is 18.6 Å². The Morgan fingerprint density at radius 1 is 1.04 bits per heavy atom. The molecule has 1 aromatic carbocycles. The molecule has 0 bridgehead atoms. The van der Waals surface area contributed by atoms with Gasteiger partial charge in [0.2, 0.25) is 0 Å². The van der Waals surface area contributed by atoms with E-state index in [-0.39, 0.29) is 5.57 Å². The van der Waals surface area contributed by atoms with Crippen LogP contribution in [-0.2, 0) is 11.2 Å². The van der Waals surface area contributed by atoms with Crippen molar-refractivity contribution >= 4 is 5.57 Å². The number of allylic oxidation sites excluding steroid dienone is 2. The van der Waals surface area contributed by atoms with E-state index in [2.05, 4.69) is 11.7 Å². The summed E-state index contributed by atoms with van der Waals surface area (Å²) in [6.45, 7) is 2.30. The Kier molecular flexibility index (Phi) is 6.58. The molecule has 0 N–H and O–H groups in total. The van der Waals surface area contributed by atoms with Crippen LogP contribution < -0.4 is 0 Å². The Hall–Kier alpha value is -1.69. The lowest BCUT2D eigenvalue weighted by Gasteiger charge is -2.26. The minimum Gasteiger partial charge on any atom is -0.278 e. The molecule has 2 aliphatic rings. The first-order valence-electron chi connectivity index (χ1n) is 9.78. The minimum absolute atomic E-state index is 0.222. The van der Waals surface area contributed by atoms with Gasteiger partial charge in [-0.05, 0) is 53.5 Å². The third-order valence-electron chi connectivity index (χ3n) is 5.72. The fourth-order valence-electron chi connectivity index (χ4n) is 3.99. The van der Waals surface area contributed by atoms with Crippen molar-refractivity contribution in [2.24, 2.45) is 11.8 Å². The van der Waals surface area contributed by atoms with Crippen molar-refractivity contribution in [3.8, 4) is 0 Å². The van der Waals surface area contributed by atoms with Crippen molar-refractivity contribution in [1.82, 2.24) is 0 Å². The first kappa shape index (κ1) is 21.0. The van der Waals surface area contributed by atoms with Crippen LogP contribution in [0.5, 0.6) is 0 Å². The summed E-state index contributed by atoms with van der Waals surface area (Å²) in [5.41, 5.74) is 1.94. The maximum Gasteiger partial charge on any atom is 0.523 e. The molecule has 0 aromatic heterocycles. The van der Waals surface area contributed by atoms with Crippen LogP contribution in [0.2, 0.25) is 0 Å². The van der Waals surface area contributed by atoms with Crippen molar-refractivity contribution in [2.45, 2.75) is 64.1 Å². The summed E-state index contributed by atoms with van der Waals surface area (Å²) in [5.74, 6) is 0.318. The zero-order valence-corrected chi connectivity index (χ0v) is 15.8. The smallest absolute Gasteiger partial charge is 0.278 e. The Morgan fingerprint density at radius 3 is 2.25 bits per heavy atom. The predicted octanol–water partition coefficient (Wildman–Crippen LogP) is 6.94. The van der Waals surface area contributed by atoms with E-state index in [1.54, 1.807) is 12.1 Å². The molecule has 2 unspecified atom stereocenters. The number of ether oxygens (including phenoxy) is 1. The lowest BCUT2D eigenvalue weighted by atomic mass is 9.80. The first-order chi connectivity index (χ1) is 13.2. The quantitative estimate of drug-likeness (QED) is 0.487. The van der Waals surface area contributed by atoms with Crippen LogP contribution in [0.25, 0.3) is 5.57 Å². The average molecular weight is 400 g/mol. The minimum atomic E-state index is -5.09. The molecule has 154 valence electrons. The van der Waals surface area contributed by atoms with Crippen LogP contribution in [0.15, 0.2) is 42.2 Å². The van der Waals surface area contributed by atoms with Crippen LogP contribution in [0.3, 0.4) is 0 Å². The van der Waals surface area contributed by atoms with E-state index in [4.69, 9.17) is 0 Å². The zero-order chi connectivity index (χ0) is 20.3. The maximum atomic E-state index is 14.0. The van der Waals surface area contributed by atoms with Gasteiger partial charge in [-0.15, -0.1) is 13.2 Å². The summed E-state index contributed by atoms with van der Waals surface area (Å²) in [6, 6.07) is 7.34. The molecule has 0 spiro atoms. The highest BCUT2D eigenvalue weighted by molar-refractivity contribution is 5.76. The van der Waals surface area contributed by atoms with Crippen molar-refractivity contribution in [2.75, 3.05) is 0 Å². The number of alkyl halides is 4. The van der Waals surface area contributed by atoms with Crippen LogP contribution in [0.4, 0.5) is 22.0 Å². The molecule has 3 rings (SSSR count).